The second-order valence-electron chi connectivity index (χ2n) is 8.64. The van der Waals surface area contributed by atoms with Crippen LogP contribution >= 0.6 is 0 Å². The molecule has 1 aliphatic rings. The van der Waals surface area contributed by atoms with E-state index in [2.05, 4.69) is 15.6 Å². The molecule has 10 nitrogen and oxygen atoms in total. The summed E-state index contributed by atoms with van der Waals surface area (Å²) in [6, 6.07) is 7.42. The van der Waals surface area contributed by atoms with E-state index >= 15 is 0 Å². The molecule has 0 aliphatic carbocycles. The molecule has 3 rings (SSSR count). The third-order valence-electron chi connectivity index (χ3n) is 4.85. The molecule has 0 spiro atoms. The number of benzene rings is 1. The Morgan fingerprint density at radius 1 is 1.12 bits per heavy atom. The average Bonchev–Trinajstić information content (AvgIpc) is 3.19. The highest BCUT2D eigenvalue weighted by atomic mass is 16.6. The molecule has 1 aliphatic heterocycles. The van der Waals surface area contributed by atoms with Gasteiger partial charge in [0.25, 0.3) is 11.5 Å². The number of imide groups is 1. The standard InChI is InChI=1S/C23H26N4O6/c1-23(2,3)33-19(29)12-11-18(28)26-21(31)16-9-10-17-24-13-15(22(32)27(16)17)25-20(30)14-7-5-4-6-8-14/h4-8,13,16H,9-12H2,1-3H3,(H,25,30)(H,26,28,31). The molecular weight excluding hydrogens is 428 g/mol. The van der Waals surface area contributed by atoms with Gasteiger partial charge in [-0.25, -0.2) is 4.98 Å². The third kappa shape index (κ3) is 6.12. The molecule has 0 fully saturated rings. The lowest BCUT2D eigenvalue weighted by molar-refractivity contribution is -0.156. The van der Waals surface area contributed by atoms with E-state index in [-0.39, 0.29) is 24.9 Å². The zero-order chi connectivity index (χ0) is 24.2. The minimum Gasteiger partial charge on any atom is -0.460 e. The van der Waals surface area contributed by atoms with Crippen LogP contribution in [0.5, 0.6) is 0 Å². The maximum Gasteiger partial charge on any atom is 0.306 e. The molecule has 2 heterocycles. The number of rotatable bonds is 6. The van der Waals surface area contributed by atoms with E-state index in [1.54, 1.807) is 51.1 Å². The number of ether oxygens (including phenoxy) is 1. The second-order valence-corrected chi connectivity index (χ2v) is 8.64. The smallest absolute Gasteiger partial charge is 0.306 e. The van der Waals surface area contributed by atoms with Gasteiger partial charge in [0.1, 0.15) is 23.2 Å². The van der Waals surface area contributed by atoms with Crippen molar-refractivity contribution in [3.05, 3.63) is 58.3 Å². The van der Waals surface area contributed by atoms with E-state index < -0.39 is 40.9 Å². The van der Waals surface area contributed by atoms with E-state index in [9.17, 15) is 24.0 Å². The fourth-order valence-corrected chi connectivity index (χ4v) is 3.41. The van der Waals surface area contributed by atoms with E-state index in [4.69, 9.17) is 4.74 Å². The molecular formula is C23H26N4O6. The molecule has 2 aromatic rings. The molecule has 3 amide bonds. The summed E-state index contributed by atoms with van der Waals surface area (Å²) in [7, 11) is 0. The van der Waals surface area contributed by atoms with Crippen molar-refractivity contribution in [2.75, 3.05) is 5.32 Å². The second kappa shape index (κ2) is 9.76. The first-order chi connectivity index (χ1) is 15.5. The number of carbonyl (C=O) groups excluding carboxylic acids is 4. The van der Waals surface area contributed by atoms with Crippen molar-refractivity contribution in [1.82, 2.24) is 14.9 Å². The van der Waals surface area contributed by atoms with Gasteiger partial charge in [0, 0.05) is 18.4 Å². The molecule has 0 saturated carbocycles. The molecule has 1 aromatic carbocycles. The Kier molecular flexibility index (Phi) is 7.05. The summed E-state index contributed by atoms with van der Waals surface area (Å²) in [6.07, 6.45) is 1.52. The number of aryl methyl sites for hydroxylation is 1. The van der Waals surface area contributed by atoms with Crippen molar-refractivity contribution in [2.45, 2.75) is 58.1 Å². The van der Waals surface area contributed by atoms with Crippen LogP contribution in [0.3, 0.4) is 0 Å². The number of amides is 3. The summed E-state index contributed by atoms with van der Waals surface area (Å²) in [5, 5.41) is 4.76. The van der Waals surface area contributed by atoms with Crippen LogP contribution in [0.15, 0.2) is 41.3 Å². The SMILES string of the molecule is CC(C)(C)OC(=O)CCC(=O)NC(=O)C1CCc2ncc(NC(=O)c3ccccc3)c(=O)n21. The van der Waals surface area contributed by atoms with Crippen molar-refractivity contribution < 1.29 is 23.9 Å². The fraction of sp³-hybridized carbons (Fsp3) is 0.391. The first-order valence-electron chi connectivity index (χ1n) is 10.6. The Bertz CT molecular complexity index is 1130. The number of anilines is 1. The lowest BCUT2D eigenvalue weighted by Gasteiger charge is -2.19. The largest absolute Gasteiger partial charge is 0.460 e. The highest BCUT2D eigenvalue weighted by molar-refractivity contribution is 6.04. The van der Waals surface area contributed by atoms with Gasteiger partial charge in [-0.05, 0) is 39.3 Å². The number of carbonyl (C=O) groups is 4. The molecule has 10 heteroatoms. The molecule has 2 N–H and O–H groups in total. The minimum absolute atomic E-state index is 0.0662. The van der Waals surface area contributed by atoms with Gasteiger partial charge < -0.3 is 10.1 Å². The van der Waals surface area contributed by atoms with Crippen LogP contribution < -0.4 is 16.2 Å². The monoisotopic (exact) mass is 454 g/mol. The van der Waals surface area contributed by atoms with Crippen LogP contribution in [0.1, 0.15) is 62.3 Å². The van der Waals surface area contributed by atoms with Crippen LogP contribution in [0.25, 0.3) is 0 Å². The molecule has 0 radical (unpaired) electrons. The Labute approximate surface area is 190 Å². The average molecular weight is 454 g/mol. The molecule has 1 aromatic heterocycles. The lowest BCUT2D eigenvalue weighted by Crippen LogP contribution is -2.39. The summed E-state index contributed by atoms with van der Waals surface area (Å²) in [6.45, 7) is 5.15. The maximum atomic E-state index is 13.0. The number of hydrogen-bond donors (Lipinski definition) is 2. The van der Waals surface area contributed by atoms with Crippen LogP contribution in [0.4, 0.5) is 5.69 Å². The normalized spacial score (nSPS) is 14.8. The van der Waals surface area contributed by atoms with Gasteiger partial charge in [-0.3, -0.25) is 33.9 Å². The first-order valence-corrected chi connectivity index (χ1v) is 10.6. The number of nitrogens with one attached hydrogen (secondary N) is 2. The number of esters is 1. The maximum absolute atomic E-state index is 13.0. The molecule has 1 unspecified atom stereocenters. The van der Waals surface area contributed by atoms with Crippen LogP contribution in [0, 0.1) is 0 Å². The zero-order valence-corrected chi connectivity index (χ0v) is 18.7. The van der Waals surface area contributed by atoms with Crippen LogP contribution in [-0.4, -0.2) is 38.8 Å². The van der Waals surface area contributed by atoms with Gasteiger partial charge in [-0.1, -0.05) is 18.2 Å². The summed E-state index contributed by atoms with van der Waals surface area (Å²) >= 11 is 0. The van der Waals surface area contributed by atoms with Crippen molar-refractivity contribution in [3.8, 4) is 0 Å². The van der Waals surface area contributed by atoms with E-state index in [0.717, 1.165) is 0 Å². The van der Waals surface area contributed by atoms with Gasteiger partial charge in [0.2, 0.25) is 11.8 Å². The Balaban J connectivity index is 1.66. The van der Waals surface area contributed by atoms with Crippen LogP contribution in [-0.2, 0) is 25.5 Å². The van der Waals surface area contributed by atoms with Gasteiger partial charge in [-0.15, -0.1) is 0 Å². The van der Waals surface area contributed by atoms with Crippen molar-refractivity contribution in [1.29, 1.82) is 0 Å². The summed E-state index contributed by atoms with van der Waals surface area (Å²) < 4.78 is 6.33. The predicted octanol–water partition coefficient (Wildman–Crippen LogP) is 1.75. The molecule has 1 atom stereocenters. The lowest BCUT2D eigenvalue weighted by atomic mass is 10.2. The third-order valence-corrected chi connectivity index (χ3v) is 4.85. The van der Waals surface area contributed by atoms with Crippen molar-refractivity contribution >= 4 is 29.4 Å². The Hall–Kier alpha value is -3.82. The summed E-state index contributed by atoms with van der Waals surface area (Å²) in [4.78, 5) is 66.1. The van der Waals surface area contributed by atoms with E-state index in [0.29, 0.717) is 17.8 Å². The first kappa shape index (κ1) is 23.8. The number of nitrogens with zero attached hydrogens (tertiary/aromatic N) is 2. The zero-order valence-electron chi connectivity index (χ0n) is 18.7. The summed E-state index contributed by atoms with van der Waals surface area (Å²) in [5.74, 6) is -1.95. The number of aromatic nitrogens is 2. The fourth-order valence-electron chi connectivity index (χ4n) is 3.41. The molecule has 0 saturated heterocycles. The van der Waals surface area contributed by atoms with Gasteiger partial charge >= 0.3 is 5.97 Å². The predicted molar refractivity (Wildman–Crippen MR) is 118 cm³/mol. The Morgan fingerprint density at radius 2 is 1.82 bits per heavy atom. The Morgan fingerprint density at radius 3 is 2.48 bits per heavy atom. The van der Waals surface area contributed by atoms with Crippen molar-refractivity contribution in [3.63, 3.8) is 0 Å². The van der Waals surface area contributed by atoms with Crippen molar-refractivity contribution in [2.24, 2.45) is 0 Å². The topological polar surface area (TPSA) is 136 Å². The highest BCUT2D eigenvalue weighted by Crippen LogP contribution is 2.23. The van der Waals surface area contributed by atoms with E-state index in [1.165, 1.54) is 10.8 Å². The van der Waals surface area contributed by atoms with Gasteiger partial charge in [0.05, 0.1) is 12.6 Å². The van der Waals surface area contributed by atoms with Gasteiger partial charge in [-0.2, -0.15) is 0 Å². The number of fused-ring (bicyclic) bond motifs is 1. The number of hydrogen-bond acceptors (Lipinski definition) is 7. The molecule has 0 bridgehead atoms. The van der Waals surface area contributed by atoms with Gasteiger partial charge in [0.15, 0.2) is 0 Å². The quantitative estimate of drug-likeness (QED) is 0.635. The molecule has 33 heavy (non-hydrogen) atoms. The van der Waals surface area contributed by atoms with Crippen LogP contribution in [0.2, 0.25) is 0 Å². The molecule has 174 valence electrons. The summed E-state index contributed by atoms with van der Waals surface area (Å²) in [5.41, 5.74) is -0.947. The highest BCUT2D eigenvalue weighted by Gasteiger charge is 2.32. The van der Waals surface area contributed by atoms with E-state index in [1.807, 2.05) is 0 Å². The minimum atomic E-state index is -0.945.